The molecular formula is C20H20N2O6. The molecule has 2 aromatic rings. The Morgan fingerprint density at radius 1 is 0.607 bits per heavy atom. The van der Waals surface area contributed by atoms with Gasteiger partial charge in [0.05, 0.1) is 11.1 Å². The van der Waals surface area contributed by atoms with Crippen molar-refractivity contribution in [2.75, 3.05) is 11.5 Å². The van der Waals surface area contributed by atoms with Gasteiger partial charge in [0, 0.05) is 11.4 Å². The van der Waals surface area contributed by atoms with Gasteiger partial charge < -0.3 is 20.9 Å². The molecule has 0 saturated heterocycles. The van der Waals surface area contributed by atoms with Crippen molar-refractivity contribution in [3.8, 4) is 0 Å². The summed E-state index contributed by atoms with van der Waals surface area (Å²) in [4.78, 5) is 48.2. The lowest BCUT2D eigenvalue weighted by molar-refractivity contribution is -0.160. The van der Waals surface area contributed by atoms with E-state index < -0.39 is 23.9 Å². The lowest BCUT2D eigenvalue weighted by Crippen LogP contribution is -2.27. The number of rotatable bonds is 2. The van der Waals surface area contributed by atoms with Crippen LogP contribution in [0.4, 0.5) is 11.4 Å². The van der Waals surface area contributed by atoms with Crippen molar-refractivity contribution in [3.05, 3.63) is 57.6 Å². The fourth-order valence-corrected chi connectivity index (χ4v) is 2.99. The lowest BCUT2D eigenvalue weighted by Gasteiger charge is -2.11. The van der Waals surface area contributed by atoms with Crippen LogP contribution < -0.4 is 11.5 Å². The highest BCUT2D eigenvalue weighted by atomic mass is 16.6. The first-order valence-electron chi connectivity index (χ1n) is 8.27. The summed E-state index contributed by atoms with van der Waals surface area (Å²) in [5.74, 6) is -5.27. The van der Waals surface area contributed by atoms with Crippen LogP contribution in [-0.4, -0.2) is 23.9 Å². The van der Waals surface area contributed by atoms with Crippen LogP contribution in [-0.2, 0) is 19.1 Å². The van der Waals surface area contributed by atoms with E-state index in [4.69, 9.17) is 11.5 Å². The zero-order valence-electron chi connectivity index (χ0n) is 15.9. The van der Waals surface area contributed by atoms with Crippen molar-refractivity contribution < 1.29 is 28.7 Å². The molecule has 2 aromatic carbocycles. The summed E-state index contributed by atoms with van der Waals surface area (Å²) in [6.45, 7) is 6.44. The highest BCUT2D eigenvalue weighted by molar-refractivity contribution is 6.34. The first-order chi connectivity index (χ1) is 13.0. The number of aryl methyl sites for hydroxylation is 4. The Balaban J connectivity index is 2.13. The normalized spacial score (nSPS) is 10.3. The first-order valence-corrected chi connectivity index (χ1v) is 8.27. The number of benzene rings is 2. The van der Waals surface area contributed by atoms with Crippen LogP contribution in [0.1, 0.15) is 43.0 Å². The average Bonchev–Trinajstić information content (AvgIpc) is 2.52. The van der Waals surface area contributed by atoms with Crippen molar-refractivity contribution in [2.24, 2.45) is 0 Å². The molecule has 2 rings (SSSR count). The molecule has 0 amide bonds. The van der Waals surface area contributed by atoms with E-state index in [-0.39, 0.29) is 11.1 Å². The predicted octanol–water partition coefficient (Wildman–Crippen LogP) is 2.15. The summed E-state index contributed by atoms with van der Waals surface area (Å²) in [5.41, 5.74) is 14.4. The van der Waals surface area contributed by atoms with Gasteiger partial charge in [0.2, 0.25) is 0 Å². The van der Waals surface area contributed by atoms with E-state index >= 15 is 0 Å². The lowest BCUT2D eigenvalue weighted by atomic mass is 10.0. The fourth-order valence-electron chi connectivity index (χ4n) is 2.99. The molecule has 0 heterocycles. The third-order valence-electron chi connectivity index (χ3n) is 4.06. The minimum atomic E-state index is -1.60. The average molecular weight is 384 g/mol. The number of ether oxygens (including phenoxy) is 2. The summed E-state index contributed by atoms with van der Waals surface area (Å²) < 4.78 is 9.10. The quantitative estimate of drug-likeness (QED) is 0.347. The molecule has 146 valence electrons. The Kier molecular flexibility index (Phi) is 5.83. The molecule has 0 fully saturated rings. The molecule has 0 aromatic heterocycles. The molecule has 0 saturated carbocycles. The van der Waals surface area contributed by atoms with E-state index in [1.807, 2.05) is 0 Å². The number of nitrogens with two attached hydrogens (primary N) is 2. The molecule has 4 N–H and O–H groups in total. The Bertz CT molecular complexity index is 882. The number of hydrogen-bond donors (Lipinski definition) is 2. The summed E-state index contributed by atoms with van der Waals surface area (Å²) in [5, 5.41) is 0. The molecule has 0 spiro atoms. The van der Waals surface area contributed by atoms with Gasteiger partial charge in [-0.25, -0.2) is 19.2 Å². The number of carbonyl (C=O) groups excluding carboxylic acids is 4. The van der Waals surface area contributed by atoms with E-state index in [1.165, 1.54) is 24.3 Å². The van der Waals surface area contributed by atoms with Crippen molar-refractivity contribution in [3.63, 3.8) is 0 Å². The molecular weight excluding hydrogens is 364 g/mol. The topological polar surface area (TPSA) is 139 Å². The van der Waals surface area contributed by atoms with Crippen LogP contribution in [0.5, 0.6) is 0 Å². The van der Waals surface area contributed by atoms with Crippen molar-refractivity contribution in [1.82, 2.24) is 0 Å². The van der Waals surface area contributed by atoms with Gasteiger partial charge >= 0.3 is 23.9 Å². The molecule has 0 aliphatic carbocycles. The number of carbonyl (C=O) groups is 4. The Hall–Kier alpha value is -3.68. The summed E-state index contributed by atoms with van der Waals surface area (Å²) in [6, 6.07) is 6.12. The fraction of sp³-hybridized carbons (Fsp3) is 0.200. The van der Waals surface area contributed by atoms with Crippen molar-refractivity contribution >= 4 is 35.3 Å². The van der Waals surface area contributed by atoms with E-state index in [0.29, 0.717) is 33.6 Å². The van der Waals surface area contributed by atoms with Gasteiger partial charge in [-0.05, 0) is 74.2 Å². The second kappa shape index (κ2) is 7.91. The summed E-state index contributed by atoms with van der Waals surface area (Å²) in [6.07, 6.45) is 0. The smallest absolute Gasteiger partial charge is 0.399 e. The third kappa shape index (κ3) is 4.35. The second-order valence-electron chi connectivity index (χ2n) is 6.41. The van der Waals surface area contributed by atoms with Crippen LogP contribution in [0.3, 0.4) is 0 Å². The zero-order chi connectivity index (χ0) is 21.2. The van der Waals surface area contributed by atoms with Crippen LogP contribution in [0.15, 0.2) is 24.3 Å². The largest absolute Gasteiger partial charge is 0.425 e. The van der Waals surface area contributed by atoms with Gasteiger partial charge in [-0.15, -0.1) is 0 Å². The molecule has 0 aliphatic heterocycles. The third-order valence-corrected chi connectivity index (χ3v) is 4.06. The van der Waals surface area contributed by atoms with Gasteiger partial charge in [-0.1, -0.05) is 0 Å². The highest BCUT2D eigenvalue weighted by Gasteiger charge is 2.28. The second-order valence-corrected chi connectivity index (χ2v) is 6.41. The Morgan fingerprint density at radius 2 is 0.857 bits per heavy atom. The van der Waals surface area contributed by atoms with Gasteiger partial charge in [0.25, 0.3) is 0 Å². The maximum atomic E-state index is 12.2. The van der Waals surface area contributed by atoms with Gasteiger partial charge in [0.15, 0.2) is 0 Å². The molecule has 0 bridgehead atoms. The van der Waals surface area contributed by atoms with Crippen LogP contribution in [0, 0.1) is 27.7 Å². The molecule has 8 nitrogen and oxygen atoms in total. The van der Waals surface area contributed by atoms with E-state index in [0.717, 1.165) is 0 Å². The van der Waals surface area contributed by atoms with E-state index in [1.54, 1.807) is 27.7 Å². The minimum absolute atomic E-state index is 0.104. The molecule has 0 aliphatic rings. The highest BCUT2D eigenvalue weighted by Crippen LogP contribution is 2.20. The number of esters is 4. The van der Waals surface area contributed by atoms with Crippen molar-refractivity contribution in [2.45, 2.75) is 27.7 Å². The summed E-state index contributed by atoms with van der Waals surface area (Å²) >= 11 is 0. The molecule has 0 radical (unpaired) electrons. The predicted molar refractivity (Wildman–Crippen MR) is 102 cm³/mol. The number of nitrogen functional groups attached to an aromatic ring is 2. The maximum Gasteiger partial charge on any atom is 0.425 e. The first kappa shape index (κ1) is 20.6. The van der Waals surface area contributed by atoms with Crippen LogP contribution in [0.25, 0.3) is 0 Å². The van der Waals surface area contributed by atoms with E-state index in [9.17, 15) is 19.2 Å². The Morgan fingerprint density at radius 3 is 1.11 bits per heavy atom. The monoisotopic (exact) mass is 384 g/mol. The van der Waals surface area contributed by atoms with Gasteiger partial charge in [0.1, 0.15) is 0 Å². The molecule has 28 heavy (non-hydrogen) atoms. The zero-order valence-corrected chi connectivity index (χ0v) is 15.9. The summed E-state index contributed by atoms with van der Waals surface area (Å²) in [7, 11) is 0. The van der Waals surface area contributed by atoms with Gasteiger partial charge in [-0.3, -0.25) is 0 Å². The standard InChI is InChI=1S/C20H20N2O6/c1-9-5-13(21)6-10(2)15(9)17(23)27-19(25)20(26)28-18(24)16-11(3)7-14(22)8-12(16)4/h5-8H,21-22H2,1-4H3. The van der Waals surface area contributed by atoms with Crippen LogP contribution in [0.2, 0.25) is 0 Å². The van der Waals surface area contributed by atoms with Crippen molar-refractivity contribution in [1.29, 1.82) is 0 Å². The number of hydrogen-bond acceptors (Lipinski definition) is 8. The minimum Gasteiger partial charge on any atom is -0.399 e. The molecule has 0 atom stereocenters. The Labute approximate surface area is 161 Å². The maximum absolute atomic E-state index is 12.2. The number of anilines is 2. The molecule has 8 heteroatoms. The SMILES string of the molecule is Cc1cc(N)cc(C)c1C(=O)OC(=O)C(=O)OC(=O)c1c(C)cc(N)cc1C. The molecule has 0 unspecified atom stereocenters. The van der Waals surface area contributed by atoms with Gasteiger partial charge in [-0.2, -0.15) is 0 Å². The van der Waals surface area contributed by atoms with E-state index in [2.05, 4.69) is 9.47 Å². The van der Waals surface area contributed by atoms with Crippen LogP contribution >= 0.6 is 0 Å².